The first kappa shape index (κ1) is 11.3. The molecule has 0 atom stereocenters. The van der Waals surface area contributed by atoms with Crippen molar-refractivity contribution in [1.82, 2.24) is 0 Å². The minimum atomic E-state index is -5.49. The van der Waals surface area contributed by atoms with Gasteiger partial charge in [-0.15, -0.1) is 4.20 Å². The first-order chi connectivity index (χ1) is 3.12. The largest absolute Gasteiger partial charge is 0.576 e. The van der Waals surface area contributed by atoms with Crippen molar-refractivity contribution in [2.45, 2.75) is 0 Å². The minimum absolute atomic E-state index is 0. The van der Waals surface area contributed by atoms with Gasteiger partial charge in [-0.1, -0.05) is 9.46 Å². The van der Waals surface area contributed by atoms with Crippen LogP contribution in [0.1, 0.15) is 0 Å². The molecule has 0 fully saturated rings. The molecule has 0 heterocycles. The Balaban J connectivity index is 0. The monoisotopic (exact) mass is 143 g/mol. The molecule has 0 aliphatic carbocycles. The van der Waals surface area contributed by atoms with Crippen LogP contribution in [0.3, 0.4) is 0 Å². The molecule has 0 unspecified atom stereocenters. The van der Waals surface area contributed by atoms with Gasteiger partial charge in [0, 0.05) is 18.9 Å². The number of hydrogen-bond donors (Lipinski definition) is 0. The van der Waals surface area contributed by atoms with Crippen LogP contribution in [0, 0.1) is 0 Å². The van der Waals surface area contributed by atoms with Crippen LogP contribution < -0.4 is 0 Å². The second kappa shape index (κ2) is 4.42. The van der Waals surface area contributed by atoms with Crippen LogP contribution in [0.2, 0.25) is 0 Å². The molecule has 0 N–H and O–H groups in total. The van der Waals surface area contributed by atoms with E-state index < -0.39 is 7.91 Å². The topological polar surface area (TPSA) is 35.5 Å². The van der Waals surface area contributed by atoms with Gasteiger partial charge in [0.2, 0.25) is 0 Å². The molecule has 0 aromatic rings. The summed E-state index contributed by atoms with van der Waals surface area (Å²) in [7, 11) is -5.49. The van der Waals surface area contributed by atoms with Crippen LogP contribution in [0.4, 0.5) is 13.2 Å². The van der Waals surface area contributed by atoms with Gasteiger partial charge < -0.3 is 0 Å². The minimum Gasteiger partial charge on any atom is -0.218 e. The number of hydrogen-bond acceptors (Lipinski definition) is 3. The maximum absolute atomic E-state index is 10.9. The van der Waals surface area contributed by atoms with E-state index in [0.29, 0.717) is 0 Å². The second-order valence-electron chi connectivity index (χ2n) is 0.569. The Labute approximate surface area is 54.8 Å². The van der Waals surface area contributed by atoms with Crippen LogP contribution in [0.15, 0.2) is 0 Å². The van der Waals surface area contributed by atoms with Gasteiger partial charge in [0.1, 0.15) is 0 Å². The molecule has 0 spiro atoms. The molecule has 0 rings (SSSR count). The Kier molecular flexibility index (Phi) is 6.27. The summed E-state index contributed by atoms with van der Waals surface area (Å²) in [6, 6.07) is 0. The van der Waals surface area contributed by atoms with Crippen molar-refractivity contribution in [2.75, 3.05) is 0 Å². The van der Waals surface area contributed by atoms with E-state index in [-0.39, 0.29) is 18.9 Å². The fourth-order valence-corrected chi connectivity index (χ4v) is 0.0319. The van der Waals surface area contributed by atoms with Crippen LogP contribution in [0.25, 0.3) is 0 Å². The predicted octanol–water partition coefficient (Wildman–Crippen LogP) is 1.49. The third-order valence-electron chi connectivity index (χ3n) is 0.165. The summed E-state index contributed by atoms with van der Waals surface area (Å²) in [5.41, 5.74) is 0. The molecule has 45 valence electrons. The van der Waals surface area contributed by atoms with E-state index in [2.05, 4.69) is 0 Å². The Morgan fingerprint density at radius 1 is 1.25 bits per heavy atom. The molecule has 0 aromatic heterocycles. The summed E-state index contributed by atoms with van der Waals surface area (Å²) in [4.78, 5) is 0. The molecule has 8 heteroatoms. The third-order valence-corrected chi connectivity index (χ3v) is 0.495. The van der Waals surface area contributed by atoms with Gasteiger partial charge in [0.05, 0.1) is 0 Å². The van der Waals surface area contributed by atoms with Gasteiger partial charge in [0.25, 0.3) is 0 Å². The molecule has 1 radical (unpaired) electrons. The predicted molar refractivity (Wildman–Crippen MR) is 18.9 cm³/mol. The number of rotatable bonds is 2. The molecular weight excluding hydrogens is 143 g/mol. The summed E-state index contributed by atoms with van der Waals surface area (Å²) in [6.45, 7) is 0. The van der Waals surface area contributed by atoms with Crippen molar-refractivity contribution >= 4 is 26.8 Å². The van der Waals surface area contributed by atoms with Crippen molar-refractivity contribution in [3.05, 3.63) is 0 Å². The molecule has 0 aliphatic heterocycles. The fraction of sp³-hybridized carbons (Fsp3) is 0. The Hall–Kier alpha value is 0.537. The maximum atomic E-state index is 10.9. The van der Waals surface area contributed by atoms with Gasteiger partial charge in [-0.05, 0) is 9.05 Å². The van der Waals surface area contributed by atoms with Gasteiger partial charge in [-0.3, -0.25) is 0 Å². The molecular formula is F3LiO3P. The summed E-state index contributed by atoms with van der Waals surface area (Å²) in [5.74, 6) is 0. The third kappa shape index (κ3) is 4.69. The van der Waals surface area contributed by atoms with Gasteiger partial charge in [-0.25, -0.2) is 4.57 Å². The first-order valence-corrected chi connectivity index (χ1v) is 2.46. The zero-order valence-corrected chi connectivity index (χ0v) is 4.70. The quantitative estimate of drug-likeness (QED) is 0.433. The summed E-state index contributed by atoms with van der Waals surface area (Å²) >= 11 is 0. The molecule has 8 heavy (non-hydrogen) atoms. The van der Waals surface area contributed by atoms with Crippen molar-refractivity contribution in [3.63, 3.8) is 0 Å². The van der Waals surface area contributed by atoms with Crippen LogP contribution in [-0.4, -0.2) is 18.9 Å². The average molecular weight is 143 g/mol. The smallest absolute Gasteiger partial charge is 0.218 e. The Bertz CT molecular complexity index is 86.5. The fourth-order valence-electron chi connectivity index (χ4n) is 0.0106. The zero-order valence-electron chi connectivity index (χ0n) is 3.81. The Morgan fingerprint density at radius 3 is 1.50 bits per heavy atom. The molecule has 0 aliphatic rings. The van der Waals surface area contributed by atoms with E-state index >= 15 is 0 Å². The van der Waals surface area contributed by atoms with Crippen molar-refractivity contribution in [1.29, 1.82) is 0 Å². The van der Waals surface area contributed by atoms with E-state index in [0.717, 1.165) is 0 Å². The van der Waals surface area contributed by atoms with Gasteiger partial charge in [-0.2, -0.15) is 0 Å². The van der Waals surface area contributed by atoms with Crippen LogP contribution in [0.5, 0.6) is 0 Å². The molecule has 0 saturated carbocycles. The number of halogens is 3. The Morgan fingerprint density at radius 2 is 1.50 bits per heavy atom. The van der Waals surface area contributed by atoms with E-state index in [1.165, 1.54) is 0 Å². The van der Waals surface area contributed by atoms with Crippen molar-refractivity contribution < 1.29 is 27.3 Å². The molecule has 0 bridgehead atoms. The molecule has 0 aromatic carbocycles. The standard InChI is InChI=1S/F3O3P.Li/c1-5-7(3,4)6-2;. The van der Waals surface area contributed by atoms with E-state index in [9.17, 15) is 13.2 Å². The van der Waals surface area contributed by atoms with Gasteiger partial charge >= 0.3 is 7.91 Å². The maximum Gasteiger partial charge on any atom is 0.576 e. The van der Waals surface area contributed by atoms with Crippen LogP contribution >= 0.6 is 7.91 Å². The van der Waals surface area contributed by atoms with E-state index in [1.807, 2.05) is 9.46 Å². The summed E-state index contributed by atoms with van der Waals surface area (Å²) < 4.78 is 44.3. The molecule has 0 amide bonds. The molecule has 0 saturated heterocycles. The second-order valence-corrected chi connectivity index (χ2v) is 1.71. The summed E-state index contributed by atoms with van der Waals surface area (Å²) in [6.07, 6.45) is 0. The average Bonchev–Trinajstić information content (AvgIpc) is 1.68. The molecule has 3 nitrogen and oxygen atoms in total. The first-order valence-electron chi connectivity index (χ1n) is 1.03. The van der Waals surface area contributed by atoms with Gasteiger partial charge in [0.15, 0.2) is 0 Å². The zero-order chi connectivity index (χ0) is 5.91. The van der Waals surface area contributed by atoms with E-state index in [1.54, 1.807) is 0 Å². The summed E-state index contributed by atoms with van der Waals surface area (Å²) in [5, 5.41) is 0. The van der Waals surface area contributed by atoms with Crippen molar-refractivity contribution in [3.8, 4) is 0 Å². The normalized spacial score (nSPS) is 10.4. The SMILES string of the molecule is O=P(F)(OF)OF.[Li]. The van der Waals surface area contributed by atoms with Crippen LogP contribution in [-0.2, 0) is 14.0 Å². The van der Waals surface area contributed by atoms with E-state index in [4.69, 9.17) is 4.57 Å². The van der Waals surface area contributed by atoms with Crippen molar-refractivity contribution in [2.24, 2.45) is 0 Å².